The average molecular weight is 651 g/mol. The number of nitrogens with zero attached hydrogens (tertiary/aromatic N) is 4. The maximum atomic E-state index is 13.6. The van der Waals surface area contributed by atoms with Crippen molar-refractivity contribution in [3.63, 3.8) is 0 Å². The summed E-state index contributed by atoms with van der Waals surface area (Å²) in [5, 5.41) is 5.15. The van der Waals surface area contributed by atoms with Crippen LogP contribution in [0.4, 0.5) is 4.39 Å². The molecular weight excluding hydrogens is 595 g/mol. The molecule has 1 aromatic carbocycles. The second-order valence-electron chi connectivity index (χ2n) is 13.8. The number of fused-ring (bicyclic) bond motifs is 2. The molecule has 0 bridgehead atoms. The number of carbonyl (C=O) groups is 1. The Morgan fingerprint density at radius 3 is 2.28 bits per heavy atom. The zero-order chi connectivity index (χ0) is 33.0. The van der Waals surface area contributed by atoms with Crippen LogP contribution < -0.4 is 5.56 Å². The highest BCUT2D eigenvalue weighted by Crippen LogP contribution is 2.33. The van der Waals surface area contributed by atoms with Crippen molar-refractivity contribution in [1.82, 2.24) is 19.6 Å². The standard InChI is InChI=1S/C38H55FN4O4/c1-3-4-5-6-7-8-9-10-11-12-13-14-15-16-35(44)46-33-22-26-43-37(33)40-28(2)31(38(43)45)21-25-42-23-19-29(20-24-42)36-32-18-17-30(39)27-34(32)47-41-36/h17-18,27,29,33H,3-16,19-26H2,1-2H3. The zero-order valence-corrected chi connectivity index (χ0v) is 28.7. The molecule has 0 spiro atoms. The Morgan fingerprint density at radius 2 is 1.60 bits per heavy atom. The number of unbranched alkanes of at least 4 members (excludes halogenated alkanes) is 12. The average Bonchev–Trinajstić information content (AvgIpc) is 3.67. The summed E-state index contributed by atoms with van der Waals surface area (Å²) < 4.78 is 26.5. The van der Waals surface area contributed by atoms with E-state index in [-0.39, 0.29) is 23.3 Å². The molecule has 1 saturated heterocycles. The summed E-state index contributed by atoms with van der Waals surface area (Å²) in [6.07, 6.45) is 19.6. The van der Waals surface area contributed by atoms with Gasteiger partial charge < -0.3 is 14.2 Å². The van der Waals surface area contributed by atoms with Gasteiger partial charge in [-0.25, -0.2) is 9.37 Å². The van der Waals surface area contributed by atoms with Crippen LogP contribution in [0, 0.1) is 12.7 Å². The Morgan fingerprint density at radius 1 is 0.936 bits per heavy atom. The molecule has 47 heavy (non-hydrogen) atoms. The number of hydrogen-bond acceptors (Lipinski definition) is 7. The van der Waals surface area contributed by atoms with Crippen molar-refractivity contribution in [1.29, 1.82) is 0 Å². The largest absolute Gasteiger partial charge is 0.454 e. The third-order valence-electron chi connectivity index (χ3n) is 10.3. The number of hydrogen-bond donors (Lipinski definition) is 0. The molecule has 2 aliphatic rings. The summed E-state index contributed by atoms with van der Waals surface area (Å²) in [7, 11) is 0. The topological polar surface area (TPSA) is 90.5 Å². The lowest BCUT2D eigenvalue weighted by Crippen LogP contribution is -2.36. The highest BCUT2D eigenvalue weighted by molar-refractivity contribution is 5.79. The van der Waals surface area contributed by atoms with Gasteiger partial charge in [-0.2, -0.15) is 0 Å². The third-order valence-corrected chi connectivity index (χ3v) is 10.3. The van der Waals surface area contributed by atoms with E-state index in [1.54, 1.807) is 10.6 Å². The van der Waals surface area contributed by atoms with Crippen LogP contribution in [0.3, 0.4) is 0 Å². The summed E-state index contributed by atoms with van der Waals surface area (Å²) in [5.41, 5.74) is 2.89. The molecule has 1 atom stereocenters. The second-order valence-corrected chi connectivity index (χ2v) is 13.8. The number of esters is 1. The van der Waals surface area contributed by atoms with Gasteiger partial charge in [0.1, 0.15) is 5.82 Å². The van der Waals surface area contributed by atoms with Crippen LogP contribution >= 0.6 is 0 Å². The Hall–Kier alpha value is -3.07. The number of carbonyl (C=O) groups excluding carboxylic acids is 1. The first kappa shape index (κ1) is 35.2. The lowest BCUT2D eigenvalue weighted by Gasteiger charge is -2.31. The molecule has 3 aromatic rings. The van der Waals surface area contributed by atoms with Crippen LogP contribution in [0.15, 0.2) is 27.5 Å². The molecule has 0 saturated carbocycles. The molecule has 1 fully saturated rings. The molecule has 2 aromatic heterocycles. The molecule has 4 heterocycles. The minimum absolute atomic E-state index is 0.00118. The predicted molar refractivity (Wildman–Crippen MR) is 183 cm³/mol. The smallest absolute Gasteiger partial charge is 0.306 e. The van der Waals surface area contributed by atoms with Crippen molar-refractivity contribution in [2.45, 2.75) is 148 Å². The quantitative estimate of drug-likeness (QED) is 0.0947. The number of likely N-dealkylation sites (tertiary alicyclic amines) is 1. The second kappa shape index (κ2) is 17.9. The maximum absolute atomic E-state index is 13.6. The molecule has 8 nitrogen and oxygen atoms in total. The number of piperidine rings is 1. The van der Waals surface area contributed by atoms with Gasteiger partial charge in [-0.3, -0.25) is 14.2 Å². The molecule has 258 valence electrons. The number of rotatable bonds is 19. The van der Waals surface area contributed by atoms with Gasteiger partial charge in [0.25, 0.3) is 5.56 Å². The first-order chi connectivity index (χ1) is 22.9. The fourth-order valence-corrected chi connectivity index (χ4v) is 7.39. The van der Waals surface area contributed by atoms with E-state index in [1.165, 1.54) is 82.8 Å². The summed E-state index contributed by atoms with van der Waals surface area (Å²) >= 11 is 0. The highest BCUT2D eigenvalue weighted by atomic mass is 19.1. The van der Waals surface area contributed by atoms with Crippen LogP contribution in [-0.4, -0.2) is 45.2 Å². The van der Waals surface area contributed by atoms with E-state index in [2.05, 4.69) is 17.0 Å². The minimum atomic E-state index is -0.437. The van der Waals surface area contributed by atoms with Crippen LogP contribution in [0.2, 0.25) is 0 Å². The first-order valence-corrected chi connectivity index (χ1v) is 18.5. The fourth-order valence-electron chi connectivity index (χ4n) is 7.39. The Kier molecular flexibility index (Phi) is 13.4. The van der Waals surface area contributed by atoms with Crippen LogP contribution in [0.5, 0.6) is 0 Å². The summed E-state index contributed by atoms with van der Waals surface area (Å²) in [4.78, 5) is 33.3. The molecule has 9 heteroatoms. The highest BCUT2D eigenvalue weighted by Gasteiger charge is 2.31. The third kappa shape index (κ3) is 9.74. The van der Waals surface area contributed by atoms with Crippen LogP contribution in [0.1, 0.15) is 151 Å². The molecule has 1 unspecified atom stereocenters. The van der Waals surface area contributed by atoms with Gasteiger partial charge in [-0.1, -0.05) is 89.1 Å². The lowest BCUT2D eigenvalue weighted by atomic mass is 9.91. The number of aromatic nitrogens is 3. The molecule has 2 aliphatic heterocycles. The normalized spacial score (nSPS) is 17.0. The number of ether oxygens (including phenoxy) is 1. The van der Waals surface area contributed by atoms with Gasteiger partial charge in [0, 0.05) is 54.6 Å². The van der Waals surface area contributed by atoms with E-state index in [0.29, 0.717) is 37.2 Å². The van der Waals surface area contributed by atoms with Crippen molar-refractivity contribution in [2.75, 3.05) is 19.6 Å². The van der Waals surface area contributed by atoms with E-state index in [0.717, 1.165) is 67.7 Å². The van der Waals surface area contributed by atoms with Crippen molar-refractivity contribution in [3.05, 3.63) is 57.1 Å². The zero-order valence-electron chi connectivity index (χ0n) is 28.7. The van der Waals surface area contributed by atoms with Crippen molar-refractivity contribution < 1.29 is 18.4 Å². The van der Waals surface area contributed by atoms with Gasteiger partial charge in [-0.15, -0.1) is 0 Å². The molecule has 0 N–H and O–H groups in total. The van der Waals surface area contributed by atoms with Gasteiger partial charge in [0.2, 0.25) is 0 Å². The first-order valence-electron chi connectivity index (χ1n) is 18.5. The SMILES string of the molecule is CCCCCCCCCCCCCCCC(=O)OC1CCn2c1nc(C)c(CCN1CCC(c3noc4cc(F)ccc34)CC1)c2=O. The van der Waals surface area contributed by atoms with E-state index >= 15 is 0 Å². The summed E-state index contributed by atoms with van der Waals surface area (Å²) in [6.45, 7) is 7.27. The monoisotopic (exact) mass is 650 g/mol. The van der Waals surface area contributed by atoms with E-state index in [4.69, 9.17) is 14.2 Å². The summed E-state index contributed by atoms with van der Waals surface area (Å²) in [5.74, 6) is 0.363. The van der Waals surface area contributed by atoms with Crippen molar-refractivity contribution in [2.24, 2.45) is 0 Å². The van der Waals surface area contributed by atoms with Crippen molar-refractivity contribution in [3.8, 4) is 0 Å². The molecule has 5 rings (SSSR count). The van der Waals surface area contributed by atoms with Crippen molar-refractivity contribution >= 4 is 16.9 Å². The van der Waals surface area contributed by atoms with E-state index in [1.807, 2.05) is 6.92 Å². The van der Waals surface area contributed by atoms with E-state index < -0.39 is 6.10 Å². The Balaban J connectivity index is 0.992. The van der Waals surface area contributed by atoms with Gasteiger partial charge in [-0.05, 0) is 57.8 Å². The minimum Gasteiger partial charge on any atom is -0.454 e. The lowest BCUT2D eigenvalue weighted by molar-refractivity contribution is -0.149. The Labute approximate surface area is 279 Å². The predicted octanol–water partition coefficient (Wildman–Crippen LogP) is 8.72. The molecular formula is C38H55FN4O4. The van der Waals surface area contributed by atoms with Gasteiger partial charge in [0.05, 0.1) is 5.69 Å². The molecule has 0 aliphatic carbocycles. The summed E-state index contributed by atoms with van der Waals surface area (Å²) in [6, 6.07) is 4.60. The maximum Gasteiger partial charge on any atom is 0.306 e. The number of benzene rings is 1. The number of halogens is 1. The molecule has 0 amide bonds. The van der Waals surface area contributed by atoms with Gasteiger partial charge >= 0.3 is 5.97 Å². The van der Waals surface area contributed by atoms with E-state index in [9.17, 15) is 14.0 Å². The van der Waals surface area contributed by atoms with Crippen LogP contribution in [-0.2, 0) is 22.5 Å². The number of aryl methyl sites for hydroxylation is 1. The fraction of sp³-hybridized carbons (Fsp3) is 0.684. The Bertz CT molecular complexity index is 1490. The van der Waals surface area contributed by atoms with Gasteiger partial charge in [0.15, 0.2) is 17.5 Å². The molecule has 0 radical (unpaired) electrons. The van der Waals surface area contributed by atoms with Crippen LogP contribution in [0.25, 0.3) is 11.0 Å².